The molecular weight excluding hydrogens is 312 g/mol. The van der Waals surface area contributed by atoms with Crippen LogP contribution in [0.3, 0.4) is 0 Å². The van der Waals surface area contributed by atoms with Gasteiger partial charge in [0.1, 0.15) is 0 Å². The fraction of sp³-hybridized carbons (Fsp3) is 0.632. The summed E-state index contributed by atoms with van der Waals surface area (Å²) in [6.07, 6.45) is 2.39. The molecule has 1 rings (SSSR count). The number of alkyl halides is 1. The van der Waals surface area contributed by atoms with Crippen LogP contribution >= 0.6 is 11.6 Å². The minimum Gasteiger partial charge on any atom is -0.465 e. The lowest BCUT2D eigenvalue weighted by Crippen LogP contribution is -2.21. The summed E-state index contributed by atoms with van der Waals surface area (Å²) < 4.78 is 10.7. The van der Waals surface area contributed by atoms with Crippen molar-refractivity contribution in [2.45, 2.75) is 51.5 Å². The highest BCUT2D eigenvalue weighted by Gasteiger charge is 2.19. The summed E-state index contributed by atoms with van der Waals surface area (Å²) in [6, 6.07) is 9.62. The molecule has 0 spiro atoms. The van der Waals surface area contributed by atoms with Gasteiger partial charge in [-0.2, -0.15) is 0 Å². The van der Waals surface area contributed by atoms with E-state index >= 15 is 0 Å². The predicted octanol–water partition coefficient (Wildman–Crippen LogP) is 4.99. The lowest BCUT2D eigenvalue weighted by atomic mass is 9.91. The largest absolute Gasteiger partial charge is 0.465 e. The first-order valence-corrected chi connectivity index (χ1v) is 8.75. The summed E-state index contributed by atoms with van der Waals surface area (Å²) in [6.45, 7) is 6.82. The number of ether oxygens (including phenoxy) is 2. The van der Waals surface area contributed by atoms with Crippen molar-refractivity contribution in [1.82, 2.24) is 0 Å². The second-order valence-electron chi connectivity index (χ2n) is 6.39. The molecule has 0 radical (unpaired) electrons. The van der Waals surface area contributed by atoms with Gasteiger partial charge in [-0.3, -0.25) is 4.79 Å². The van der Waals surface area contributed by atoms with E-state index < -0.39 is 0 Å². The van der Waals surface area contributed by atoms with Crippen LogP contribution in [0.15, 0.2) is 30.3 Å². The molecule has 0 heterocycles. The summed E-state index contributed by atoms with van der Waals surface area (Å²) >= 11 is 6.28. The maximum atomic E-state index is 12.0. The fourth-order valence-corrected chi connectivity index (χ4v) is 2.63. The molecule has 0 aliphatic rings. The Morgan fingerprint density at radius 1 is 1.13 bits per heavy atom. The van der Waals surface area contributed by atoms with Crippen LogP contribution in [0.25, 0.3) is 0 Å². The first kappa shape index (κ1) is 20.0. The number of rotatable bonds is 10. The third-order valence-corrected chi connectivity index (χ3v) is 4.66. The summed E-state index contributed by atoms with van der Waals surface area (Å²) in [5.41, 5.74) is 0.945. The zero-order chi connectivity index (χ0) is 17.2. The second-order valence-corrected chi connectivity index (χ2v) is 6.92. The molecule has 0 aromatic heterocycles. The van der Waals surface area contributed by atoms with Crippen molar-refractivity contribution in [2.24, 2.45) is 11.8 Å². The molecule has 3 unspecified atom stereocenters. The van der Waals surface area contributed by atoms with Crippen LogP contribution in [0.2, 0.25) is 0 Å². The highest BCUT2D eigenvalue weighted by molar-refractivity contribution is 6.21. The Balaban J connectivity index is 2.40. The van der Waals surface area contributed by atoms with E-state index in [4.69, 9.17) is 21.1 Å². The van der Waals surface area contributed by atoms with Crippen molar-refractivity contribution in [3.05, 3.63) is 35.9 Å². The molecule has 0 saturated heterocycles. The van der Waals surface area contributed by atoms with Gasteiger partial charge in [0.05, 0.1) is 24.5 Å². The second kappa shape index (κ2) is 10.7. The monoisotopic (exact) mass is 340 g/mol. The molecule has 0 aliphatic heterocycles. The van der Waals surface area contributed by atoms with Crippen LogP contribution in [0.5, 0.6) is 0 Å². The van der Waals surface area contributed by atoms with E-state index in [0.29, 0.717) is 18.4 Å². The molecule has 0 N–H and O–H groups in total. The lowest BCUT2D eigenvalue weighted by molar-refractivity contribution is -0.145. The average Bonchev–Trinajstić information content (AvgIpc) is 2.54. The van der Waals surface area contributed by atoms with Crippen LogP contribution in [-0.2, 0) is 14.3 Å². The molecule has 4 heteroatoms. The smallest absolute Gasteiger partial charge is 0.307 e. The van der Waals surface area contributed by atoms with Crippen LogP contribution in [-0.4, -0.2) is 25.8 Å². The van der Waals surface area contributed by atoms with Crippen molar-refractivity contribution in [3.8, 4) is 0 Å². The lowest BCUT2D eigenvalue weighted by Gasteiger charge is -2.22. The number of benzene rings is 1. The van der Waals surface area contributed by atoms with E-state index in [-0.39, 0.29) is 23.9 Å². The van der Waals surface area contributed by atoms with Gasteiger partial charge in [0.25, 0.3) is 0 Å². The van der Waals surface area contributed by atoms with E-state index in [9.17, 15) is 4.79 Å². The van der Waals surface area contributed by atoms with Gasteiger partial charge in [0, 0.05) is 7.11 Å². The molecule has 3 atom stereocenters. The number of esters is 1. The standard InChI is InChI=1S/C19H29ClO3/c1-14(2)17(11-10-15(3)22-4)13-23-19(21)12-18(20)16-8-6-5-7-9-16/h5-9,14-15,17-18H,10-13H2,1-4H3. The van der Waals surface area contributed by atoms with E-state index in [1.165, 1.54) is 0 Å². The SMILES string of the molecule is COC(C)CCC(COC(=O)CC(Cl)c1ccccc1)C(C)C. The van der Waals surface area contributed by atoms with Gasteiger partial charge in [-0.15, -0.1) is 11.6 Å². The van der Waals surface area contributed by atoms with Crippen molar-refractivity contribution < 1.29 is 14.3 Å². The topological polar surface area (TPSA) is 35.5 Å². The first-order valence-electron chi connectivity index (χ1n) is 8.31. The molecule has 1 aromatic rings. The van der Waals surface area contributed by atoms with Crippen molar-refractivity contribution in [3.63, 3.8) is 0 Å². The number of hydrogen-bond donors (Lipinski definition) is 0. The van der Waals surface area contributed by atoms with Gasteiger partial charge in [-0.1, -0.05) is 44.2 Å². The van der Waals surface area contributed by atoms with Crippen molar-refractivity contribution in [2.75, 3.05) is 13.7 Å². The van der Waals surface area contributed by atoms with Crippen molar-refractivity contribution >= 4 is 17.6 Å². The number of methoxy groups -OCH3 is 1. The van der Waals surface area contributed by atoms with Crippen molar-refractivity contribution in [1.29, 1.82) is 0 Å². The molecule has 0 amide bonds. The van der Waals surface area contributed by atoms with Crippen LogP contribution in [0, 0.1) is 11.8 Å². The maximum absolute atomic E-state index is 12.0. The quantitative estimate of drug-likeness (QED) is 0.444. The van der Waals surface area contributed by atoms with Gasteiger partial charge >= 0.3 is 5.97 Å². The summed E-state index contributed by atoms with van der Waals surface area (Å²) in [5, 5.41) is -0.338. The third-order valence-electron chi connectivity index (χ3n) is 4.25. The Kier molecular flexibility index (Phi) is 9.27. The van der Waals surface area contributed by atoms with Gasteiger partial charge < -0.3 is 9.47 Å². The van der Waals surface area contributed by atoms with Gasteiger partial charge in [-0.05, 0) is 37.2 Å². The molecule has 130 valence electrons. The molecule has 1 aromatic carbocycles. The highest BCUT2D eigenvalue weighted by atomic mass is 35.5. The zero-order valence-corrected chi connectivity index (χ0v) is 15.4. The highest BCUT2D eigenvalue weighted by Crippen LogP contribution is 2.25. The minimum atomic E-state index is -0.338. The Labute approximate surface area is 145 Å². The van der Waals surface area contributed by atoms with E-state index in [1.54, 1.807) is 7.11 Å². The first-order chi connectivity index (χ1) is 10.9. The molecule has 0 saturated carbocycles. The van der Waals surface area contributed by atoms with Crippen LogP contribution < -0.4 is 0 Å². The van der Waals surface area contributed by atoms with Crippen LogP contribution in [0.4, 0.5) is 0 Å². The molecule has 0 aliphatic carbocycles. The molecule has 3 nitrogen and oxygen atoms in total. The molecule has 0 fully saturated rings. The minimum absolute atomic E-state index is 0.199. The van der Waals surface area contributed by atoms with E-state index in [2.05, 4.69) is 20.8 Å². The van der Waals surface area contributed by atoms with Gasteiger partial charge in [-0.25, -0.2) is 0 Å². The van der Waals surface area contributed by atoms with Gasteiger partial charge in [0.15, 0.2) is 0 Å². The summed E-state index contributed by atoms with van der Waals surface area (Å²) in [4.78, 5) is 12.0. The zero-order valence-electron chi connectivity index (χ0n) is 14.6. The molecule has 0 bridgehead atoms. The Bertz CT molecular complexity index is 447. The fourth-order valence-electron chi connectivity index (χ4n) is 2.36. The number of carbonyl (C=O) groups is 1. The summed E-state index contributed by atoms with van der Waals surface area (Å²) in [7, 11) is 1.72. The molecule has 23 heavy (non-hydrogen) atoms. The Morgan fingerprint density at radius 2 is 1.78 bits per heavy atom. The number of halogens is 1. The Morgan fingerprint density at radius 3 is 2.35 bits per heavy atom. The number of carbonyl (C=O) groups excluding carboxylic acids is 1. The average molecular weight is 341 g/mol. The third kappa shape index (κ3) is 7.85. The predicted molar refractivity (Wildman–Crippen MR) is 94.6 cm³/mol. The summed E-state index contributed by atoms with van der Waals surface area (Å²) in [5.74, 6) is 0.578. The van der Waals surface area contributed by atoms with E-state index in [0.717, 1.165) is 18.4 Å². The number of hydrogen-bond acceptors (Lipinski definition) is 3. The Hall–Kier alpha value is -1.06. The maximum Gasteiger partial charge on any atom is 0.307 e. The normalized spacial score (nSPS) is 15.2. The molecular formula is C19H29ClO3. The van der Waals surface area contributed by atoms with Crippen LogP contribution in [0.1, 0.15) is 51.0 Å². The van der Waals surface area contributed by atoms with Gasteiger partial charge in [0.2, 0.25) is 0 Å². The van der Waals surface area contributed by atoms with E-state index in [1.807, 2.05) is 30.3 Å².